The fourth-order valence-electron chi connectivity index (χ4n) is 2.75. The summed E-state index contributed by atoms with van der Waals surface area (Å²) in [6.45, 7) is 0. The Morgan fingerprint density at radius 2 is 2.09 bits per heavy atom. The highest BCUT2D eigenvalue weighted by Gasteiger charge is 2.36. The molecular formula is C17H17ClN2O2. The van der Waals surface area contributed by atoms with Crippen LogP contribution in [0.5, 0.6) is 0 Å². The lowest BCUT2D eigenvalue weighted by Crippen LogP contribution is -2.41. The molecule has 1 aromatic heterocycles. The second-order valence-electron chi connectivity index (χ2n) is 5.60. The number of amides is 1. The zero-order valence-electron chi connectivity index (χ0n) is 11.9. The molecule has 1 unspecified atom stereocenters. The third-order valence-electron chi connectivity index (χ3n) is 4.00. The molecule has 4 nitrogen and oxygen atoms in total. The second-order valence-corrected chi connectivity index (χ2v) is 6.04. The van der Waals surface area contributed by atoms with Crippen molar-refractivity contribution >= 4 is 17.5 Å². The first-order valence-electron chi connectivity index (χ1n) is 7.29. The van der Waals surface area contributed by atoms with Crippen molar-refractivity contribution in [1.82, 2.24) is 10.3 Å². The van der Waals surface area contributed by atoms with Crippen LogP contribution >= 0.6 is 11.6 Å². The van der Waals surface area contributed by atoms with E-state index in [1.165, 1.54) is 0 Å². The van der Waals surface area contributed by atoms with Gasteiger partial charge in [-0.1, -0.05) is 23.7 Å². The molecule has 5 heteroatoms. The molecule has 1 amide bonds. The Morgan fingerprint density at radius 1 is 1.27 bits per heavy atom. The summed E-state index contributed by atoms with van der Waals surface area (Å²) < 4.78 is 0. The summed E-state index contributed by atoms with van der Waals surface area (Å²) in [7, 11) is 0. The van der Waals surface area contributed by atoms with Crippen LogP contribution in [0, 0.1) is 5.92 Å². The van der Waals surface area contributed by atoms with Crippen molar-refractivity contribution < 1.29 is 9.90 Å². The second kappa shape index (κ2) is 6.46. The van der Waals surface area contributed by atoms with Gasteiger partial charge in [-0.05, 0) is 49.1 Å². The molecule has 1 saturated carbocycles. The van der Waals surface area contributed by atoms with E-state index in [0.29, 0.717) is 23.4 Å². The van der Waals surface area contributed by atoms with Gasteiger partial charge < -0.3 is 10.4 Å². The summed E-state index contributed by atoms with van der Waals surface area (Å²) in [5, 5.41) is 13.1. The standard InChI is InChI=1S/C17H17ClN2O2/c18-13-5-3-4-11(8-13)17(22)20-16(12-9-14(21)10-12)15-6-1-2-7-19-15/h1-8,12,14,16,21H,9-10H2,(H,20,22). The predicted octanol–water partition coefficient (Wildman–Crippen LogP) is 2.98. The Morgan fingerprint density at radius 3 is 2.73 bits per heavy atom. The van der Waals surface area contributed by atoms with Gasteiger partial charge in [0.1, 0.15) is 0 Å². The number of carbonyl (C=O) groups excluding carboxylic acids is 1. The number of nitrogens with one attached hydrogen (secondary N) is 1. The molecule has 1 fully saturated rings. The maximum absolute atomic E-state index is 12.4. The largest absolute Gasteiger partial charge is 0.393 e. The van der Waals surface area contributed by atoms with E-state index in [9.17, 15) is 9.90 Å². The van der Waals surface area contributed by atoms with Crippen LogP contribution in [0.1, 0.15) is 34.9 Å². The lowest BCUT2D eigenvalue weighted by Gasteiger charge is -2.37. The monoisotopic (exact) mass is 316 g/mol. The van der Waals surface area contributed by atoms with Crippen LogP contribution in [0.25, 0.3) is 0 Å². The number of aromatic nitrogens is 1. The lowest BCUT2D eigenvalue weighted by atomic mass is 9.76. The number of rotatable bonds is 4. The van der Waals surface area contributed by atoms with E-state index >= 15 is 0 Å². The number of hydrogen-bond donors (Lipinski definition) is 2. The van der Waals surface area contributed by atoms with Crippen LogP contribution in [-0.4, -0.2) is 22.1 Å². The SMILES string of the molecule is O=C(NC(c1ccccn1)C1CC(O)C1)c1cccc(Cl)c1. The van der Waals surface area contributed by atoms with Crippen LogP contribution in [0.15, 0.2) is 48.7 Å². The first-order chi connectivity index (χ1) is 10.6. The smallest absolute Gasteiger partial charge is 0.251 e. The summed E-state index contributed by atoms with van der Waals surface area (Å²) in [5.41, 5.74) is 1.34. The molecule has 3 rings (SSSR count). The van der Waals surface area contributed by atoms with Crippen LogP contribution in [0.3, 0.4) is 0 Å². The van der Waals surface area contributed by atoms with E-state index in [1.807, 2.05) is 18.2 Å². The van der Waals surface area contributed by atoms with Gasteiger partial charge in [-0.2, -0.15) is 0 Å². The first kappa shape index (κ1) is 15.0. The first-order valence-corrected chi connectivity index (χ1v) is 7.66. The van der Waals surface area contributed by atoms with Crippen molar-refractivity contribution in [2.24, 2.45) is 5.92 Å². The van der Waals surface area contributed by atoms with Crippen molar-refractivity contribution in [2.45, 2.75) is 25.0 Å². The van der Waals surface area contributed by atoms with Gasteiger partial charge in [-0.3, -0.25) is 9.78 Å². The highest BCUT2D eigenvalue weighted by Crippen LogP contribution is 2.37. The number of halogens is 1. The number of carbonyl (C=O) groups is 1. The zero-order chi connectivity index (χ0) is 15.5. The maximum atomic E-state index is 12.4. The van der Waals surface area contributed by atoms with Crippen molar-refractivity contribution in [1.29, 1.82) is 0 Å². The van der Waals surface area contributed by atoms with Gasteiger partial charge >= 0.3 is 0 Å². The normalized spacial score (nSPS) is 21.7. The van der Waals surface area contributed by atoms with E-state index in [2.05, 4.69) is 10.3 Å². The predicted molar refractivity (Wildman–Crippen MR) is 84.6 cm³/mol. The molecule has 114 valence electrons. The van der Waals surface area contributed by atoms with E-state index in [0.717, 1.165) is 5.69 Å². The highest BCUT2D eigenvalue weighted by molar-refractivity contribution is 6.30. The summed E-state index contributed by atoms with van der Waals surface area (Å²) in [6.07, 6.45) is 2.79. The summed E-state index contributed by atoms with van der Waals surface area (Å²) in [6, 6.07) is 12.3. The molecule has 0 saturated heterocycles. The average molecular weight is 317 g/mol. The minimum Gasteiger partial charge on any atom is -0.393 e. The van der Waals surface area contributed by atoms with Gasteiger partial charge in [0.2, 0.25) is 0 Å². The van der Waals surface area contributed by atoms with Crippen molar-refractivity contribution in [3.8, 4) is 0 Å². The highest BCUT2D eigenvalue weighted by atomic mass is 35.5. The number of aliphatic hydroxyl groups is 1. The van der Waals surface area contributed by atoms with Crippen molar-refractivity contribution in [3.63, 3.8) is 0 Å². The summed E-state index contributed by atoms with van der Waals surface area (Å²) in [4.78, 5) is 16.8. The molecule has 2 aromatic rings. The van der Waals surface area contributed by atoms with E-state index < -0.39 is 0 Å². The molecule has 1 aliphatic rings. The summed E-state index contributed by atoms with van der Waals surface area (Å²) >= 11 is 5.94. The molecule has 1 aliphatic carbocycles. The fourth-order valence-corrected chi connectivity index (χ4v) is 2.94. The topological polar surface area (TPSA) is 62.2 Å². The Bertz CT molecular complexity index is 657. The van der Waals surface area contributed by atoms with Gasteiger partial charge in [0.15, 0.2) is 0 Å². The molecule has 22 heavy (non-hydrogen) atoms. The molecule has 0 spiro atoms. The molecule has 0 aliphatic heterocycles. The summed E-state index contributed by atoms with van der Waals surface area (Å²) in [5.74, 6) is 0.0209. The van der Waals surface area contributed by atoms with Crippen LogP contribution < -0.4 is 5.32 Å². The fraction of sp³-hybridized carbons (Fsp3) is 0.294. The number of pyridine rings is 1. The minimum absolute atomic E-state index is 0.181. The quantitative estimate of drug-likeness (QED) is 0.911. The Balaban J connectivity index is 1.79. The van der Waals surface area contributed by atoms with Crippen LogP contribution in [0.4, 0.5) is 0 Å². The molecule has 2 N–H and O–H groups in total. The molecule has 0 radical (unpaired) electrons. The Kier molecular flexibility index (Phi) is 4.41. The third-order valence-corrected chi connectivity index (χ3v) is 4.24. The van der Waals surface area contributed by atoms with Gasteiger partial charge in [0, 0.05) is 16.8 Å². The lowest BCUT2D eigenvalue weighted by molar-refractivity contribution is 0.0228. The van der Waals surface area contributed by atoms with Gasteiger partial charge in [0.05, 0.1) is 17.8 Å². The molecule has 1 heterocycles. The van der Waals surface area contributed by atoms with Crippen molar-refractivity contribution in [3.05, 3.63) is 64.9 Å². The minimum atomic E-state index is -0.278. The van der Waals surface area contributed by atoms with E-state index in [1.54, 1.807) is 30.5 Å². The van der Waals surface area contributed by atoms with Crippen LogP contribution in [-0.2, 0) is 0 Å². The van der Waals surface area contributed by atoms with Gasteiger partial charge in [-0.15, -0.1) is 0 Å². The zero-order valence-corrected chi connectivity index (χ0v) is 12.7. The number of benzene rings is 1. The molecule has 0 bridgehead atoms. The third kappa shape index (κ3) is 3.29. The van der Waals surface area contributed by atoms with Gasteiger partial charge in [0.25, 0.3) is 5.91 Å². The van der Waals surface area contributed by atoms with Crippen LogP contribution in [0.2, 0.25) is 5.02 Å². The average Bonchev–Trinajstić information content (AvgIpc) is 2.50. The Labute approximate surface area is 134 Å². The maximum Gasteiger partial charge on any atom is 0.251 e. The Hall–Kier alpha value is -1.91. The van der Waals surface area contributed by atoms with Gasteiger partial charge in [-0.25, -0.2) is 0 Å². The molecule has 1 atom stereocenters. The molecular weight excluding hydrogens is 300 g/mol. The van der Waals surface area contributed by atoms with E-state index in [4.69, 9.17) is 11.6 Å². The van der Waals surface area contributed by atoms with E-state index in [-0.39, 0.29) is 24.0 Å². The molecule has 1 aromatic carbocycles. The number of aliphatic hydroxyl groups excluding tert-OH is 1. The number of nitrogens with zero attached hydrogens (tertiary/aromatic N) is 1. The van der Waals surface area contributed by atoms with Crippen molar-refractivity contribution in [2.75, 3.05) is 0 Å². The number of hydrogen-bond acceptors (Lipinski definition) is 3.